The molecule has 0 saturated heterocycles. The Kier molecular flexibility index (Phi) is 4.26. The van der Waals surface area contributed by atoms with E-state index in [4.69, 9.17) is 0 Å². The van der Waals surface area contributed by atoms with Crippen molar-refractivity contribution in [1.29, 1.82) is 0 Å². The van der Waals surface area contributed by atoms with Crippen molar-refractivity contribution in [2.45, 2.75) is 58.5 Å². The number of hydrogen-bond donors (Lipinski definition) is 2. The van der Waals surface area contributed by atoms with Crippen LogP contribution in [-0.4, -0.2) is 27.4 Å². The van der Waals surface area contributed by atoms with Gasteiger partial charge in [-0.25, -0.2) is 4.98 Å². The number of anilines is 1. The number of nitrogens with one attached hydrogen (secondary N) is 2. The van der Waals surface area contributed by atoms with Gasteiger partial charge < -0.3 is 15.2 Å². The molecule has 1 aliphatic carbocycles. The topological polar surface area (TPSA) is 76.0 Å². The number of rotatable bonds is 4. The predicted octanol–water partition coefficient (Wildman–Crippen LogP) is 2.98. The number of amides is 2. The first-order chi connectivity index (χ1) is 12.5. The van der Waals surface area contributed by atoms with Crippen LogP contribution in [0.1, 0.15) is 63.6 Å². The molecule has 26 heavy (non-hydrogen) atoms. The third-order valence-electron chi connectivity index (χ3n) is 5.08. The molecule has 0 radical (unpaired) electrons. The number of imidazole rings is 1. The van der Waals surface area contributed by atoms with Crippen LogP contribution in [0.15, 0.2) is 18.2 Å². The zero-order valence-corrected chi connectivity index (χ0v) is 15.3. The second-order valence-corrected chi connectivity index (χ2v) is 7.36. The highest BCUT2D eigenvalue weighted by molar-refractivity contribution is 6.04. The Balaban J connectivity index is 1.63. The summed E-state index contributed by atoms with van der Waals surface area (Å²) >= 11 is 0. The second kappa shape index (κ2) is 6.59. The number of carbonyl (C=O) groups excluding carboxylic acids is 2. The van der Waals surface area contributed by atoms with Crippen LogP contribution in [0.4, 0.5) is 5.69 Å². The fourth-order valence-corrected chi connectivity index (χ4v) is 3.51. The Morgan fingerprint density at radius 1 is 1.15 bits per heavy atom. The maximum atomic E-state index is 12.9. The molecule has 2 N–H and O–H groups in total. The fourth-order valence-electron chi connectivity index (χ4n) is 3.51. The van der Waals surface area contributed by atoms with E-state index in [1.807, 2.05) is 36.6 Å². The molecular formula is C20H24N4O2. The van der Waals surface area contributed by atoms with E-state index in [0.29, 0.717) is 11.5 Å². The highest BCUT2D eigenvalue weighted by Gasteiger charge is 2.30. The monoisotopic (exact) mass is 352 g/mol. The third kappa shape index (κ3) is 3.23. The molecule has 2 heterocycles. The molecule has 136 valence electrons. The van der Waals surface area contributed by atoms with Gasteiger partial charge in [-0.2, -0.15) is 0 Å². The molecule has 0 atom stereocenters. The highest BCUT2D eigenvalue weighted by atomic mass is 16.2. The van der Waals surface area contributed by atoms with Gasteiger partial charge in [0.2, 0.25) is 0 Å². The summed E-state index contributed by atoms with van der Waals surface area (Å²) < 4.78 is 1.92. The smallest absolute Gasteiger partial charge is 0.291 e. The van der Waals surface area contributed by atoms with Crippen molar-refractivity contribution in [2.75, 3.05) is 5.32 Å². The Morgan fingerprint density at radius 3 is 2.69 bits per heavy atom. The van der Waals surface area contributed by atoms with E-state index in [0.717, 1.165) is 61.2 Å². The lowest BCUT2D eigenvalue weighted by molar-refractivity contribution is 0.0945. The molecule has 1 saturated carbocycles. The van der Waals surface area contributed by atoms with Gasteiger partial charge in [-0.05, 0) is 57.6 Å². The average molecular weight is 352 g/mol. The van der Waals surface area contributed by atoms with E-state index in [1.54, 1.807) is 0 Å². The van der Waals surface area contributed by atoms with Gasteiger partial charge in [0.1, 0.15) is 5.69 Å². The average Bonchev–Trinajstić information content (AvgIpc) is 3.34. The lowest BCUT2D eigenvalue weighted by Gasteiger charge is -2.17. The minimum Gasteiger partial charge on any atom is -0.348 e. The van der Waals surface area contributed by atoms with E-state index < -0.39 is 0 Å². The van der Waals surface area contributed by atoms with Gasteiger partial charge in [0.05, 0.1) is 5.69 Å². The van der Waals surface area contributed by atoms with Gasteiger partial charge in [0, 0.05) is 18.3 Å². The van der Waals surface area contributed by atoms with E-state index in [2.05, 4.69) is 15.6 Å². The summed E-state index contributed by atoms with van der Waals surface area (Å²) in [7, 11) is 0. The van der Waals surface area contributed by atoms with Gasteiger partial charge >= 0.3 is 0 Å². The summed E-state index contributed by atoms with van der Waals surface area (Å²) in [6, 6.07) is 6.18. The minimum absolute atomic E-state index is 0.149. The maximum Gasteiger partial charge on any atom is 0.291 e. The highest BCUT2D eigenvalue weighted by Crippen LogP contribution is 2.25. The molecule has 1 aliphatic heterocycles. The number of aryl methyl sites for hydroxylation is 2. The Morgan fingerprint density at radius 2 is 1.96 bits per heavy atom. The normalized spacial score (nSPS) is 16.1. The first-order valence-corrected chi connectivity index (χ1v) is 9.32. The van der Waals surface area contributed by atoms with Crippen LogP contribution < -0.4 is 10.6 Å². The summed E-state index contributed by atoms with van der Waals surface area (Å²) in [6.07, 6.45) is 4.87. The molecule has 0 bridgehead atoms. The van der Waals surface area contributed by atoms with Crippen LogP contribution in [0.5, 0.6) is 0 Å². The van der Waals surface area contributed by atoms with Crippen molar-refractivity contribution in [3.05, 3.63) is 46.5 Å². The van der Waals surface area contributed by atoms with E-state index in [-0.39, 0.29) is 17.9 Å². The summed E-state index contributed by atoms with van der Waals surface area (Å²) in [5, 5.41) is 5.95. The molecule has 1 aromatic heterocycles. The predicted molar refractivity (Wildman–Crippen MR) is 99.5 cm³/mol. The second-order valence-electron chi connectivity index (χ2n) is 7.36. The van der Waals surface area contributed by atoms with Gasteiger partial charge in [-0.15, -0.1) is 0 Å². The van der Waals surface area contributed by atoms with Gasteiger partial charge in [0.25, 0.3) is 11.8 Å². The molecule has 2 amide bonds. The summed E-state index contributed by atoms with van der Waals surface area (Å²) in [5.41, 5.74) is 4.24. The zero-order valence-electron chi connectivity index (χ0n) is 15.3. The zero-order chi connectivity index (χ0) is 18.3. The molecule has 6 nitrogen and oxygen atoms in total. The molecule has 0 unspecified atom stereocenters. The first-order valence-electron chi connectivity index (χ1n) is 9.32. The fraction of sp³-hybridized carbons (Fsp3) is 0.450. The summed E-state index contributed by atoms with van der Waals surface area (Å²) in [4.78, 5) is 29.9. The number of benzene rings is 1. The summed E-state index contributed by atoms with van der Waals surface area (Å²) in [5.74, 6) is -0.0742. The quantitative estimate of drug-likeness (QED) is 0.888. The Labute approximate surface area is 153 Å². The van der Waals surface area contributed by atoms with Gasteiger partial charge in [-0.3, -0.25) is 9.59 Å². The Bertz CT molecular complexity index is 880. The number of fused-ring (bicyclic) bond motifs is 1. The first kappa shape index (κ1) is 16.8. The number of carbonyl (C=O) groups is 2. The van der Waals surface area contributed by atoms with Crippen molar-refractivity contribution in [1.82, 2.24) is 14.9 Å². The van der Waals surface area contributed by atoms with Crippen molar-refractivity contribution in [3.63, 3.8) is 0 Å². The van der Waals surface area contributed by atoms with Crippen molar-refractivity contribution in [3.8, 4) is 0 Å². The molecule has 0 spiro atoms. The molecule has 2 aliphatic rings. The molecular weight excluding hydrogens is 328 g/mol. The molecule has 6 heteroatoms. The third-order valence-corrected chi connectivity index (χ3v) is 5.08. The number of hydrogen-bond acceptors (Lipinski definition) is 3. The van der Waals surface area contributed by atoms with Crippen LogP contribution in [0.25, 0.3) is 0 Å². The number of aromatic nitrogens is 2. The van der Waals surface area contributed by atoms with Gasteiger partial charge in [0.15, 0.2) is 5.82 Å². The van der Waals surface area contributed by atoms with Crippen molar-refractivity contribution < 1.29 is 9.59 Å². The molecule has 1 aromatic carbocycles. The van der Waals surface area contributed by atoms with Crippen LogP contribution in [0, 0.1) is 13.8 Å². The van der Waals surface area contributed by atoms with E-state index in [1.165, 1.54) is 0 Å². The van der Waals surface area contributed by atoms with Gasteiger partial charge in [-0.1, -0.05) is 17.7 Å². The lowest BCUT2D eigenvalue weighted by atomic mass is 10.1. The largest absolute Gasteiger partial charge is 0.348 e. The lowest BCUT2D eigenvalue weighted by Crippen LogP contribution is -2.27. The Hall–Kier alpha value is -2.63. The standard InChI is InChI=1S/C20H24N4O2/c1-12-6-9-15(13(2)11-12)22-20(26)18-23-17(19(25)21-14-7-8-14)16-5-3-4-10-24(16)18/h6,9,11,14H,3-5,7-8,10H2,1-2H3,(H,21,25)(H,22,26). The van der Waals surface area contributed by atoms with E-state index in [9.17, 15) is 9.59 Å². The van der Waals surface area contributed by atoms with Crippen LogP contribution >= 0.6 is 0 Å². The minimum atomic E-state index is -0.259. The molecule has 2 aromatic rings. The molecule has 1 fully saturated rings. The van der Waals surface area contributed by atoms with E-state index >= 15 is 0 Å². The maximum absolute atomic E-state index is 12.9. The van der Waals surface area contributed by atoms with Crippen LogP contribution in [0.3, 0.4) is 0 Å². The molecule has 4 rings (SSSR count). The number of nitrogens with zero attached hydrogens (tertiary/aromatic N) is 2. The summed E-state index contributed by atoms with van der Waals surface area (Å²) in [6.45, 7) is 4.72. The van der Waals surface area contributed by atoms with Crippen LogP contribution in [-0.2, 0) is 13.0 Å². The van der Waals surface area contributed by atoms with Crippen molar-refractivity contribution in [2.24, 2.45) is 0 Å². The SMILES string of the molecule is Cc1ccc(NC(=O)c2nc(C(=O)NC3CC3)c3n2CCCC3)c(C)c1. The van der Waals surface area contributed by atoms with Crippen LogP contribution in [0.2, 0.25) is 0 Å². The van der Waals surface area contributed by atoms with Crippen molar-refractivity contribution >= 4 is 17.5 Å².